The Morgan fingerprint density at radius 1 is 0.962 bits per heavy atom. The number of carbonyl (C=O) groups excluding carboxylic acids is 1. The number of anilines is 1. The number of nitrogens with one attached hydrogen (secondary N) is 1. The molecule has 1 N–H and O–H groups in total. The highest BCUT2D eigenvalue weighted by Gasteiger charge is 2.21. The maximum absolute atomic E-state index is 12.6. The fourth-order valence-corrected chi connectivity index (χ4v) is 3.23. The summed E-state index contributed by atoms with van der Waals surface area (Å²) in [5.74, 6) is 0. The molecule has 0 radical (unpaired) electrons. The quantitative estimate of drug-likeness (QED) is 0.899. The lowest BCUT2D eigenvalue weighted by Gasteiger charge is -2.34. The first-order chi connectivity index (χ1) is 12.6. The molecule has 0 aromatic heterocycles. The fraction of sp³-hybridized carbons (Fsp3) is 0.318. The number of benzene rings is 2. The van der Waals surface area contributed by atoms with E-state index in [9.17, 15) is 4.79 Å². The van der Waals surface area contributed by atoms with Crippen LogP contribution in [0.5, 0.6) is 0 Å². The molecule has 1 heterocycles. The average Bonchev–Trinajstić information content (AvgIpc) is 2.66. The van der Waals surface area contributed by atoms with E-state index in [-0.39, 0.29) is 6.03 Å². The van der Waals surface area contributed by atoms with Crippen LogP contribution in [-0.2, 0) is 0 Å². The Bertz CT molecular complexity index is 742. The third kappa shape index (κ3) is 4.73. The first-order valence-corrected chi connectivity index (χ1v) is 9.19. The number of rotatable bonds is 4. The van der Waals surface area contributed by atoms with Crippen molar-refractivity contribution in [1.82, 2.24) is 9.80 Å². The molecule has 0 bridgehead atoms. The Labute approximate surface area is 156 Å². The maximum Gasteiger partial charge on any atom is 0.321 e. The zero-order valence-corrected chi connectivity index (χ0v) is 15.6. The van der Waals surface area contributed by atoms with Gasteiger partial charge >= 0.3 is 6.03 Å². The van der Waals surface area contributed by atoms with E-state index in [1.54, 1.807) is 0 Å². The first kappa shape index (κ1) is 18.2. The molecule has 3 rings (SSSR count). The van der Waals surface area contributed by atoms with Gasteiger partial charge in [-0.2, -0.15) is 0 Å². The summed E-state index contributed by atoms with van der Waals surface area (Å²) in [6, 6.07) is 16.4. The largest absolute Gasteiger partial charge is 0.322 e. The molecule has 4 heteroatoms. The molecule has 0 aliphatic carbocycles. The van der Waals surface area contributed by atoms with Crippen LogP contribution in [0.2, 0.25) is 0 Å². The highest BCUT2D eigenvalue weighted by atomic mass is 16.2. The molecule has 26 heavy (non-hydrogen) atoms. The lowest BCUT2D eigenvalue weighted by molar-refractivity contribution is 0.156. The van der Waals surface area contributed by atoms with Crippen LogP contribution in [0.1, 0.15) is 16.7 Å². The molecule has 1 aliphatic heterocycles. The molecule has 2 aromatic carbocycles. The Balaban J connectivity index is 1.47. The summed E-state index contributed by atoms with van der Waals surface area (Å²) in [5, 5.41) is 3.08. The summed E-state index contributed by atoms with van der Waals surface area (Å²) in [7, 11) is 0. The number of nitrogens with zero attached hydrogens (tertiary/aromatic N) is 2. The van der Waals surface area contributed by atoms with Gasteiger partial charge in [-0.05, 0) is 30.5 Å². The summed E-state index contributed by atoms with van der Waals surface area (Å²) < 4.78 is 0. The van der Waals surface area contributed by atoms with Crippen molar-refractivity contribution in [2.75, 3.05) is 38.0 Å². The minimum atomic E-state index is 0.00174. The van der Waals surface area contributed by atoms with Crippen molar-refractivity contribution >= 4 is 17.8 Å². The molecule has 0 atom stereocenters. The molecule has 1 fully saturated rings. The third-order valence-corrected chi connectivity index (χ3v) is 4.85. The number of aryl methyl sites for hydroxylation is 2. The summed E-state index contributed by atoms with van der Waals surface area (Å²) in [4.78, 5) is 16.8. The molecule has 136 valence electrons. The van der Waals surface area contributed by atoms with Gasteiger partial charge in [0, 0.05) is 38.4 Å². The van der Waals surface area contributed by atoms with Gasteiger partial charge in [-0.15, -0.1) is 0 Å². The second-order valence-corrected chi connectivity index (χ2v) is 6.80. The predicted molar refractivity (Wildman–Crippen MR) is 108 cm³/mol. The molecule has 0 unspecified atom stereocenters. The summed E-state index contributed by atoms with van der Waals surface area (Å²) >= 11 is 0. The number of urea groups is 1. The molecule has 0 saturated carbocycles. The van der Waals surface area contributed by atoms with Crippen LogP contribution in [0.25, 0.3) is 6.08 Å². The lowest BCUT2D eigenvalue weighted by atomic mass is 10.1. The van der Waals surface area contributed by atoms with E-state index in [2.05, 4.69) is 34.5 Å². The zero-order valence-electron chi connectivity index (χ0n) is 15.6. The Morgan fingerprint density at radius 3 is 2.27 bits per heavy atom. The van der Waals surface area contributed by atoms with Gasteiger partial charge in [-0.25, -0.2) is 4.79 Å². The molecule has 2 amide bonds. The highest BCUT2D eigenvalue weighted by Crippen LogP contribution is 2.20. The second-order valence-electron chi connectivity index (χ2n) is 6.80. The molecule has 1 aliphatic rings. The van der Waals surface area contributed by atoms with Crippen LogP contribution in [0.4, 0.5) is 10.5 Å². The Hall–Kier alpha value is -2.59. The van der Waals surface area contributed by atoms with Crippen LogP contribution >= 0.6 is 0 Å². The number of para-hydroxylation sites is 1. The second kappa shape index (κ2) is 8.68. The van der Waals surface area contributed by atoms with Crippen LogP contribution < -0.4 is 5.32 Å². The highest BCUT2D eigenvalue weighted by molar-refractivity contribution is 5.91. The van der Waals surface area contributed by atoms with E-state index in [4.69, 9.17) is 0 Å². The Kier molecular flexibility index (Phi) is 6.08. The van der Waals surface area contributed by atoms with Gasteiger partial charge in [-0.3, -0.25) is 4.90 Å². The molecule has 2 aromatic rings. The van der Waals surface area contributed by atoms with E-state index in [1.807, 2.05) is 55.1 Å². The van der Waals surface area contributed by atoms with Gasteiger partial charge in [0.15, 0.2) is 0 Å². The van der Waals surface area contributed by atoms with E-state index >= 15 is 0 Å². The number of piperazine rings is 1. The fourth-order valence-electron chi connectivity index (χ4n) is 3.23. The van der Waals surface area contributed by atoms with Crippen molar-refractivity contribution in [3.05, 3.63) is 71.3 Å². The SMILES string of the molecule is Cc1cccc(C)c1NC(=O)N1CCN(C/C=C/c2ccccc2)CC1. The zero-order chi connectivity index (χ0) is 18.4. The number of carbonyl (C=O) groups is 1. The summed E-state index contributed by atoms with van der Waals surface area (Å²) in [6.45, 7) is 8.30. The number of hydrogen-bond acceptors (Lipinski definition) is 2. The van der Waals surface area contributed by atoms with Crippen LogP contribution in [-0.4, -0.2) is 48.6 Å². The number of amides is 2. The molecular weight excluding hydrogens is 322 g/mol. The van der Waals surface area contributed by atoms with Crippen molar-refractivity contribution in [2.45, 2.75) is 13.8 Å². The van der Waals surface area contributed by atoms with Gasteiger partial charge in [0.1, 0.15) is 0 Å². The van der Waals surface area contributed by atoms with Gasteiger partial charge in [-0.1, -0.05) is 60.7 Å². The maximum atomic E-state index is 12.6. The van der Waals surface area contributed by atoms with Crippen molar-refractivity contribution in [2.24, 2.45) is 0 Å². The van der Waals surface area contributed by atoms with E-state index in [0.29, 0.717) is 0 Å². The van der Waals surface area contributed by atoms with E-state index < -0.39 is 0 Å². The van der Waals surface area contributed by atoms with Gasteiger partial charge in [0.2, 0.25) is 0 Å². The van der Waals surface area contributed by atoms with Crippen molar-refractivity contribution in [3.63, 3.8) is 0 Å². The van der Waals surface area contributed by atoms with Crippen molar-refractivity contribution in [1.29, 1.82) is 0 Å². The van der Waals surface area contributed by atoms with Crippen molar-refractivity contribution < 1.29 is 4.79 Å². The smallest absolute Gasteiger partial charge is 0.321 e. The topological polar surface area (TPSA) is 35.6 Å². The third-order valence-electron chi connectivity index (χ3n) is 4.85. The normalized spacial score (nSPS) is 15.4. The minimum absolute atomic E-state index is 0.00174. The molecule has 4 nitrogen and oxygen atoms in total. The molecular formula is C22H27N3O. The molecule has 1 saturated heterocycles. The van der Waals surface area contributed by atoms with Crippen molar-refractivity contribution in [3.8, 4) is 0 Å². The Morgan fingerprint density at radius 2 is 1.62 bits per heavy atom. The van der Waals surface area contributed by atoms with E-state index in [1.165, 1.54) is 5.56 Å². The monoisotopic (exact) mass is 349 g/mol. The standard InChI is InChI=1S/C22H27N3O/c1-18-8-6-9-19(2)21(18)23-22(26)25-16-14-24(15-17-25)13-7-12-20-10-4-3-5-11-20/h3-12H,13-17H2,1-2H3,(H,23,26)/b12-7+. The first-order valence-electron chi connectivity index (χ1n) is 9.19. The summed E-state index contributed by atoms with van der Waals surface area (Å²) in [6.07, 6.45) is 4.35. The van der Waals surface area contributed by atoms with Gasteiger partial charge < -0.3 is 10.2 Å². The van der Waals surface area contributed by atoms with Crippen LogP contribution in [0.3, 0.4) is 0 Å². The van der Waals surface area contributed by atoms with Gasteiger partial charge in [0.05, 0.1) is 0 Å². The summed E-state index contributed by atoms with van der Waals surface area (Å²) in [5.41, 5.74) is 4.36. The lowest BCUT2D eigenvalue weighted by Crippen LogP contribution is -2.50. The van der Waals surface area contributed by atoms with Crippen LogP contribution in [0.15, 0.2) is 54.6 Å². The molecule has 0 spiro atoms. The predicted octanol–water partition coefficient (Wildman–Crippen LogP) is 4.17. The number of hydrogen-bond donors (Lipinski definition) is 1. The average molecular weight is 349 g/mol. The van der Waals surface area contributed by atoms with E-state index in [0.717, 1.165) is 49.5 Å². The minimum Gasteiger partial charge on any atom is -0.322 e. The van der Waals surface area contributed by atoms with Gasteiger partial charge in [0.25, 0.3) is 0 Å². The van der Waals surface area contributed by atoms with Crippen LogP contribution in [0, 0.1) is 13.8 Å².